The second-order valence-corrected chi connectivity index (χ2v) is 6.01. The molecule has 1 aliphatic rings. The van der Waals surface area contributed by atoms with Gasteiger partial charge in [-0.05, 0) is 44.4 Å². The van der Waals surface area contributed by atoms with E-state index in [9.17, 15) is 9.18 Å². The highest BCUT2D eigenvalue weighted by Crippen LogP contribution is 2.23. The van der Waals surface area contributed by atoms with Crippen LogP contribution in [0.1, 0.15) is 26.2 Å². The summed E-state index contributed by atoms with van der Waals surface area (Å²) in [5.41, 5.74) is 0. The Kier molecular flexibility index (Phi) is 5.86. The van der Waals surface area contributed by atoms with Crippen molar-refractivity contribution in [3.63, 3.8) is 0 Å². The Bertz CT molecular complexity index is 451. The van der Waals surface area contributed by atoms with Crippen LogP contribution < -0.4 is 5.32 Å². The van der Waals surface area contributed by atoms with E-state index in [2.05, 4.69) is 5.32 Å². The molecule has 0 aromatic heterocycles. The maximum Gasteiger partial charge on any atom is 0.323 e. The zero-order valence-corrected chi connectivity index (χ0v) is 12.4. The molecule has 0 saturated heterocycles. The largest absolute Gasteiger partial charge is 0.465 e. The molecule has 0 aliphatic heterocycles. The van der Waals surface area contributed by atoms with Crippen LogP contribution in [0.4, 0.5) is 4.39 Å². The first-order valence-corrected chi connectivity index (χ1v) is 7.98. The monoisotopic (exact) mass is 297 g/mol. The normalized spacial score (nSPS) is 15.9. The lowest BCUT2D eigenvalue weighted by atomic mass is 10.2. The third kappa shape index (κ3) is 5.13. The number of esters is 1. The molecule has 1 aromatic carbocycles. The van der Waals surface area contributed by atoms with E-state index in [1.807, 2.05) is 13.0 Å². The Morgan fingerprint density at radius 2 is 2.35 bits per heavy atom. The summed E-state index contributed by atoms with van der Waals surface area (Å²) < 4.78 is 18.1. The van der Waals surface area contributed by atoms with Crippen LogP contribution in [-0.4, -0.2) is 30.4 Å². The topological polar surface area (TPSA) is 38.3 Å². The summed E-state index contributed by atoms with van der Waals surface area (Å²) in [6.45, 7) is 2.21. The summed E-state index contributed by atoms with van der Waals surface area (Å²) in [5, 5.41) is 3.31. The highest BCUT2D eigenvalue weighted by molar-refractivity contribution is 7.99. The number of hydrogen-bond donors (Lipinski definition) is 1. The number of nitrogens with one attached hydrogen (secondary N) is 1. The van der Waals surface area contributed by atoms with Crippen LogP contribution in [0.25, 0.3) is 0 Å². The predicted octanol–water partition coefficient (Wildman–Crippen LogP) is 2.99. The summed E-state index contributed by atoms with van der Waals surface area (Å²) in [5.74, 6) is 0.347. The highest BCUT2D eigenvalue weighted by atomic mass is 32.2. The summed E-state index contributed by atoms with van der Waals surface area (Å²) in [6.07, 6.45) is 2.95. The first kappa shape index (κ1) is 15.3. The molecule has 1 aliphatic carbocycles. The van der Waals surface area contributed by atoms with Gasteiger partial charge in [-0.25, -0.2) is 4.39 Å². The molecule has 0 bridgehead atoms. The fraction of sp³-hybridized carbons (Fsp3) is 0.533. The van der Waals surface area contributed by atoms with Crippen LogP contribution >= 0.6 is 11.8 Å². The number of carbonyl (C=O) groups is 1. The molecule has 1 aromatic rings. The molecule has 20 heavy (non-hydrogen) atoms. The SMILES string of the molecule is CCOC(=O)C(CCSc1cccc(F)c1)NC1CC1. The molecule has 110 valence electrons. The zero-order valence-electron chi connectivity index (χ0n) is 11.6. The molecular weight excluding hydrogens is 277 g/mol. The van der Waals surface area contributed by atoms with E-state index in [0.29, 0.717) is 19.1 Å². The molecule has 1 unspecified atom stereocenters. The minimum atomic E-state index is -0.247. The molecule has 0 radical (unpaired) electrons. The van der Waals surface area contributed by atoms with Crippen LogP contribution in [0.2, 0.25) is 0 Å². The summed E-state index contributed by atoms with van der Waals surface area (Å²) >= 11 is 1.56. The van der Waals surface area contributed by atoms with Crippen molar-refractivity contribution in [2.24, 2.45) is 0 Å². The summed E-state index contributed by atoms with van der Waals surface area (Å²) in [6, 6.07) is 6.73. The molecule has 1 saturated carbocycles. The van der Waals surface area contributed by atoms with Gasteiger partial charge in [-0.1, -0.05) is 6.07 Å². The lowest BCUT2D eigenvalue weighted by molar-refractivity contribution is -0.145. The average molecular weight is 297 g/mol. The van der Waals surface area contributed by atoms with Gasteiger partial charge in [0.05, 0.1) is 6.61 Å². The highest BCUT2D eigenvalue weighted by Gasteiger charge is 2.28. The summed E-state index contributed by atoms with van der Waals surface area (Å²) in [4.78, 5) is 12.7. The first-order chi connectivity index (χ1) is 9.69. The van der Waals surface area contributed by atoms with Crippen molar-refractivity contribution < 1.29 is 13.9 Å². The molecule has 1 fully saturated rings. The maximum absolute atomic E-state index is 13.1. The quantitative estimate of drug-likeness (QED) is 0.591. The first-order valence-electron chi connectivity index (χ1n) is 7.00. The molecule has 0 spiro atoms. The minimum absolute atomic E-state index is 0.181. The van der Waals surface area contributed by atoms with Gasteiger partial charge < -0.3 is 10.1 Å². The summed E-state index contributed by atoms with van der Waals surface area (Å²) in [7, 11) is 0. The van der Waals surface area contributed by atoms with Crippen molar-refractivity contribution in [3.8, 4) is 0 Å². The maximum atomic E-state index is 13.1. The fourth-order valence-corrected chi connectivity index (χ4v) is 2.86. The van der Waals surface area contributed by atoms with Crippen LogP contribution in [0.3, 0.4) is 0 Å². The van der Waals surface area contributed by atoms with E-state index in [1.54, 1.807) is 17.8 Å². The number of hydrogen-bond acceptors (Lipinski definition) is 4. The Balaban J connectivity index is 1.79. The van der Waals surface area contributed by atoms with Gasteiger partial charge in [-0.3, -0.25) is 4.79 Å². The van der Waals surface area contributed by atoms with Gasteiger partial charge in [0.15, 0.2) is 0 Å². The molecule has 2 rings (SSSR count). The van der Waals surface area contributed by atoms with E-state index in [4.69, 9.17) is 4.74 Å². The number of thioether (sulfide) groups is 1. The Labute approximate surface area is 123 Å². The molecule has 0 heterocycles. The smallest absolute Gasteiger partial charge is 0.323 e. The number of benzene rings is 1. The van der Waals surface area contributed by atoms with Gasteiger partial charge in [-0.2, -0.15) is 0 Å². The fourth-order valence-electron chi connectivity index (χ4n) is 1.90. The van der Waals surface area contributed by atoms with Crippen LogP contribution in [0.15, 0.2) is 29.2 Å². The van der Waals surface area contributed by atoms with Gasteiger partial charge in [0.25, 0.3) is 0 Å². The van der Waals surface area contributed by atoms with E-state index in [-0.39, 0.29) is 17.8 Å². The molecule has 0 amide bonds. The van der Waals surface area contributed by atoms with Crippen molar-refractivity contribution in [2.75, 3.05) is 12.4 Å². The number of ether oxygens (including phenoxy) is 1. The number of carbonyl (C=O) groups excluding carboxylic acids is 1. The minimum Gasteiger partial charge on any atom is -0.465 e. The van der Waals surface area contributed by atoms with Crippen molar-refractivity contribution in [2.45, 2.75) is 43.2 Å². The Hall–Kier alpha value is -1.07. The number of halogens is 1. The van der Waals surface area contributed by atoms with E-state index in [1.165, 1.54) is 12.1 Å². The van der Waals surface area contributed by atoms with Gasteiger partial charge >= 0.3 is 5.97 Å². The van der Waals surface area contributed by atoms with Gasteiger partial charge in [0.1, 0.15) is 11.9 Å². The van der Waals surface area contributed by atoms with Crippen LogP contribution in [-0.2, 0) is 9.53 Å². The second-order valence-electron chi connectivity index (χ2n) is 4.84. The van der Waals surface area contributed by atoms with Gasteiger partial charge in [0, 0.05) is 16.7 Å². The predicted molar refractivity (Wildman–Crippen MR) is 78.3 cm³/mol. The lowest BCUT2D eigenvalue weighted by Gasteiger charge is -2.16. The third-order valence-corrected chi connectivity index (χ3v) is 4.08. The Morgan fingerprint density at radius 3 is 3.00 bits per heavy atom. The van der Waals surface area contributed by atoms with Crippen molar-refractivity contribution in [1.29, 1.82) is 0 Å². The molecule has 3 nitrogen and oxygen atoms in total. The zero-order chi connectivity index (χ0) is 14.4. The third-order valence-electron chi connectivity index (χ3n) is 3.06. The van der Waals surface area contributed by atoms with Crippen LogP contribution in [0.5, 0.6) is 0 Å². The molecular formula is C15H20FNO2S. The average Bonchev–Trinajstić information content (AvgIpc) is 3.22. The second kappa shape index (κ2) is 7.64. The number of rotatable bonds is 8. The van der Waals surface area contributed by atoms with Crippen molar-refractivity contribution >= 4 is 17.7 Å². The van der Waals surface area contributed by atoms with Gasteiger partial charge in [0.2, 0.25) is 0 Å². The molecule has 1 N–H and O–H groups in total. The van der Waals surface area contributed by atoms with Crippen molar-refractivity contribution in [3.05, 3.63) is 30.1 Å². The Morgan fingerprint density at radius 1 is 1.55 bits per heavy atom. The lowest BCUT2D eigenvalue weighted by Crippen LogP contribution is -2.39. The molecule has 5 heteroatoms. The van der Waals surface area contributed by atoms with E-state index in [0.717, 1.165) is 23.5 Å². The van der Waals surface area contributed by atoms with E-state index < -0.39 is 0 Å². The van der Waals surface area contributed by atoms with E-state index >= 15 is 0 Å². The molecule has 1 atom stereocenters. The standard InChI is InChI=1S/C15H20FNO2S/c1-2-19-15(18)14(17-12-6-7-12)8-9-20-13-5-3-4-11(16)10-13/h3-5,10,12,14,17H,2,6-9H2,1H3. The van der Waals surface area contributed by atoms with Gasteiger partial charge in [-0.15, -0.1) is 11.8 Å². The van der Waals surface area contributed by atoms with Crippen molar-refractivity contribution in [1.82, 2.24) is 5.32 Å². The van der Waals surface area contributed by atoms with Crippen LogP contribution in [0, 0.1) is 5.82 Å².